The Morgan fingerprint density at radius 2 is 1.43 bits per heavy atom. The first-order chi connectivity index (χ1) is 6.29. The summed E-state index contributed by atoms with van der Waals surface area (Å²) in [5.74, 6) is 0. The van der Waals surface area contributed by atoms with Gasteiger partial charge in [0, 0.05) is 15.3 Å². The Labute approximate surface area is 89.0 Å². The zero-order chi connectivity index (χ0) is 10.9. The van der Waals surface area contributed by atoms with Gasteiger partial charge in [-0.15, -0.1) is 11.8 Å². The van der Waals surface area contributed by atoms with E-state index in [0.29, 0.717) is 17.1 Å². The van der Waals surface area contributed by atoms with E-state index in [1.807, 2.05) is 6.07 Å². The van der Waals surface area contributed by atoms with Crippen LogP contribution in [0.3, 0.4) is 0 Å². The third-order valence-corrected chi connectivity index (χ3v) is 2.82. The summed E-state index contributed by atoms with van der Waals surface area (Å²) >= 11 is 1.69. The lowest BCUT2D eigenvalue weighted by Gasteiger charge is -2.19. The first-order valence-electron chi connectivity index (χ1n) is 4.43. The molecule has 1 aromatic carbocycles. The lowest BCUT2D eigenvalue weighted by atomic mass is 10.2. The van der Waals surface area contributed by atoms with E-state index in [1.54, 1.807) is 17.8 Å². The molecule has 0 fully saturated rings. The van der Waals surface area contributed by atoms with Crippen molar-refractivity contribution < 1.29 is 0 Å². The molecule has 0 unspecified atom stereocenters. The highest BCUT2D eigenvalue weighted by molar-refractivity contribution is 8.00. The third-order valence-electron chi connectivity index (χ3n) is 1.63. The summed E-state index contributed by atoms with van der Waals surface area (Å²) in [4.78, 5) is 0.990. The molecule has 0 atom stereocenters. The van der Waals surface area contributed by atoms with Crippen LogP contribution in [0.5, 0.6) is 0 Å². The molecule has 0 spiro atoms. The maximum Gasteiger partial charge on any atom is 0.0569 e. The van der Waals surface area contributed by atoms with Crippen molar-refractivity contribution in [1.29, 1.82) is 0 Å². The Kier molecular flexibility index (Phi) is 2.85. The van der Waals surface area contributed by atoms with Gasteiger partial charge in [0.15, 0.2) is 0 Å². The Balaban J connectivity index is 3.04. The molecule has 0 saturated carbocycles. The lowest BCUT2D eigenvalue weighted by molar-refractivity contribution is 0.803. The van der Waals surface area contributed by atoms with Crippen LogP contribution >= 0.6 is 11.8 Å². The number of hydrogen-bond donors (Lipinski definition) is 3. The van der Waals surface area contributed by atoms with Crippen LogP contribution in [0.1, 0.15) is 20.8 Å². The van der Waals surface area contributed by atoms with Gasteiger partial charge in [0.1, 0.15) is 0 Å². The van der Waals surface area contributed by atoms with Gasteiger partial charge in [0.05, 0.1) is 11.4 Å². The van der Waals surface area contributed by atoms with Crippen molar-refractivity contribution in [3.05, 3.63) is 12.1 Å². The van der Waals surface area contributed by atoms with Gasteiger partial charge >= 0.3 is 0 Å². The molecule has 4 heteroatoms. The molecule has 6 N–H and O–H groups in total. The Bertz CT molecular complexity index is 342. The molecule has 0 saturated heterocycles. The maximum absolute atomic E-state index is 5.84. The summed E-state index contributed by atoms with van der Waals surface area (Å²) in [7, 11) is 0. The standard InChI is InChI=1S/C10H17N3S/c1-10(2,3)14-9-5-7(12)6(11)4-8(9)13/h4-5H,11-13H2,1-3H3. The van der Waals surface area contributed by atoms with Crippen molar-refractivity contribution in [3.8, 4) is 0 Å². The molecular formula is C10H17N3S. The second-order valence-electron chi connectivity index (χ2n) is 4.23. The lowest BCUT2D eigenvalue weighted by Crippen LogP contribution is -2.08. The molecule has 0 amide bonds. The summed E-state index contributed by atoms with van der Waals surface area (Å²) in [5, 5.41) is 0. The van der Waals surface area contributed by atoms with E-state index >= 15 is 0 Å². The van der Waals surface area contributed by atoms with Crippen molar-refractivity contribution in [3.63, 3.8) is 0 Å². The minimum absolute atomic E-state index is 0.122. The zero-order valence-corrected chi connectivity index (χ0v) is 9.61. The van der Waals surface area contributed by atoms with Crippen molar-refractivity contribution in [2.24, 2.45) is 0 Å². The summed E-state index contributed by atoms with van der Waals surface area (Å²) in [6.07, 6.45) is 0. The topological polar surface area (TPSA) is 78.1 Å². The summed E-state index contributed by atoms with van der Waals surface area (Å²) in [6.45, 7) is 6.39. The molecule has 0 aliphatic carbocycles. The quantitative estimate of drug-likeness (QED) is 0.492. The van der Waals surface area contributed by atoms with Gasteiger partial charge in [-0.1, -0.05) is 20.8 Å². The van der Waals surface area contributed by atoms with Crippen molar-refractivity contribution in [1.82, 2.24) is 0 Å². The van der Waals surface area contributed by atoms with E-state index in [1.165, 1.54) is 0 Å². The zero-order valence-electron chi connectivity index (χ0n) is 8.79. The van der Waals surface area contributed by atoms with Crippen LogP contribution in [0.15, 0.2) is 17.0 Å². The molecule has 1 aromatic rings. The minimum atomic E-state index is 0.122. The monoisotopic (exact) mass is 211 g/mol. The number of nitrogens with two attached hydrogens (primary N) is 3. The van der Waals surface area contributed by atoms with Crippen LogP contribution in [0.25, 0.3) is 0 Å². The Morgan fingerprint density at radius 3 is 1.93 bits per heavy atom. The van der Waals surface area contributed by atoms with Crippen LogP contribution in [0.4, 0.5) is 17.1 Å². The molecule has 0 radical (unpaired) electrons. The van der Waals surface area contributed by atoms with Crippen LogP contribution in [-0.2, 0) is 0 Å². The highest BCUT2D eigenvalue weighted by Gasteiger charge is 2.14. The molecule has 0 aliphatic rings. The molecule has 0 heterocycles. The number of hydrogen-bond acceptors (Lipinski definition) is 4. The SMILES string of the molecule is CC(C)(C)Sc1cc(N)c(N)cc1N. The fourth-order valence-corrected chi connectivity index (χ4v) is 2.07. The van der Waals surface area contributed by atoms with Crippen molar-refractivity contribution >= 4 is 28.8 Å². The first kappa shape index (κ1) is 11.0. The number of rotatable bonds is 1. The smallest absolute Gasteiger partial charge is 0.0569 e. The Morgan fingerprint density at radius 1 is 0.929 bits per heavy atom. The largest absolute Gasteiger partial charge is 0.398 e. The van der Waals surface area contributed by atoms with Crippen LogP contribution in [0.2, 0.25) is 0 Å². The fourth-order valence-electron chi connectivity index (χ4n) is 1.05. The van der Waals surface area contributed by atoms with E-state index in [2.05, 4.69) is 20.8 Å². The van der Waals surface area contributed by atoms with Crippen LogP contribution in [0, 0.1) is 0 Å². The molecule has 1 rings (SSSR count). The molecule has 0 aromatic heterocycles. The van der Waals surface area contributed by atoms with Crippen LogP contribution < -0.4 is 17.2 Å². The summed E-state index contributed by atoms with van der Waals surface area (Å²) in [6, 6.07) is 3.55. The van der Waals surface area contributed by atoms with E-state index in [4.69, 9.17) is 17.2 Å². The molecular weight excluding hydrogens is 194 g/mol. The highest BCUT2D eigenvalue weighted by Crippen LogP contribution is 2.38. The number of thioether (sulfide) groups is 1. The van der Waals surface area contributed by atoms with Gasteiger partial charge in [-0.2, -0.15) is 0 Å². The third kappa shape index (κ3) is 2.73. The van der Waals surface area contributed by atoms with Gasteiger partial charge in [-0.3, -0.25) is 0 Å². The van der Waals surface area contributed by atoms with E-state index in [9.17, 15) is 0 Å². The molecule has 0 aliphatic heterocycles. The fraction of sp³-hybridized carbons (Fsp3) is 0.400. The number of anilines is 3. The average Bonchev–Trinajstić information content (AvgIpc) is 1.97. The summed E-state index contributed by atoms with van der Waals surface area (Å²) in [5.41, 5.74) is 19.0. The van der Waals surface area contributed by atoms with Gasteiger partial charge in [-0.05, 0) is 12.1 Å². The molecule has 14 heavy (non-hydrogen) atoms. The summed E-state index contributed by atoms with van der Waals surface area (Å²) < 4.78 is 0.122. The normalized spacial score (nSPS) is 11.6. The maximum atomic E-state index is 5.84. The van der Waals surface area contributed by atoms with Crippen LogP contribution in [-0.4, -0.2) is 4.75 Å². The number of nitrogen functional groups attached to an aromatic ring is 3. The van der Waals surface area contributed by atoms with Crippen molar-refractivity contribution in [2.45, 2.75) is 30.4 Å². The second kappa shape index (κ2) is 3.61. The predicted octanol–water partition coefficient (Wildman–Crippen LogP) is 2.32. The van der Waals surface area contributed by atoms with Gasteiger partial charge in [-0.25, -0.2) is 0 Å². The van der Waals surface area contributed by atoms with Gasteiger partial charge < -0.3 is 17.2 Å². The highest BCUT2D eigenvalue weighted by atomic mass is 32.2. The minimum Gasteiger partial charge on any atom is -0.398 e. The average molecular weight is 211 g/mol. The number of benzene rings is 1. The van der Waals surface area contributed by atoms with E-state index in [-0.39, 0.29) is 4.75 Å². The predicted molar refractivity (Wildman–Crippen MR) is 65.3 cm³/mol. The second-order valence-corrected chi connectivity index (χ2v) is 6.10. The van der Waals surface area contributed by atoms with E-state index < -0.39 is 0 Å². The first-order valence-corrected chi connectivity index (χ1v) is 5.25. The van der Waals surface area contributed by atoms with Gasteiger partial charge in [0.2, 0.25) is 0 Å². The molecule has 78 valence electrons. The van der Waals surface area contributed by atoms with Crippen molar-refractivity contribution in [2.75, 3.05) is 17.2 Å². The Hall–Kier alpha value is -1.03. The van der Waals surface area contributed by atoms with Gasteiger partial charge in [0.25, 0.3) is 0 Å². The van der Waals surface area contributed by atoms with E-state index in [0.717, 1.165) is 4.90 Å². The molecule has 3 nitrogen and oxygen atoms in total. The molecule has 0 bridgehead atoms.